The van der Waals surface area contributed by atoms with Gasteiger partial charge < -0.3 is 10.0 Å². The van der Waals surface area contributed by atoms with E-state index in [1.807, 2.05) is 17.0 Å². The van der Waals surface area contributed by atoms with Gasteiger partial charge in [-0.25, -0.2) is 0 Å². The van der Waals surface area contributed by atoms with Crippen LogP contribution >= 0.6 is 11.3 Å². The molecule has 2 heterocycles. The highest BCUT2D eigenvalue weighted by atomic mass is 32.1. The maximum Gasteiger partial charge on any atom is 0.264 e. The Kier molecular flexibility index (Phi) is 4.40. The highest BCUT2D eigenvalue weighted by molar-refractivity contribution is 7.14. The van der Waals surface area contributed by atoms with E-state index in [1.54, 1.807) is 0 Å². The lowest BCUT2D eigenvalue weighted by molar-refractivity contribution is 0.0738. The molecule has 0 spiro atoms. The Balaban J connectivity index is 2.11. The first-order valence-corrected chi connectivity index (χ1v) is 7.08. The minimum Gasteiger partial charge on any atom is -0.384 e. The second-order valence-corrected chi connectivity index (χ2v) is 5.41. The maximum absolute atomic E-state index is 12.3. The van der Waals surface area contributed by atoms with Crippen LogP contribution in [0, 0.1) is 11.8 Å². The van der Waals surface area contributed by atoms with E-state index >= 15 is 0 Å². The second-order valence-electron chi connectivity index (χ2n) is 4.33. The van der Waals surface area contributed by atoms with Gasteiger partial charge in [-0.2, -0.15) is 0 Å². The number of amides is 1. The molecular formula is C14H17NO2S. The van der Waals surface area contributed by atoms with Gasteiger partial charge in [-0.15, -0.1) is 11.3 Å². The van der Waals surface area contributed by atoms with Crippen LogP contribution in [0.2, 0.25) is 0 Å². The molecule has 1 unspecified atom stereocenters. The predicted molar refractivity (Wildman–Crippen MR) is 72.6 cm³/mol. The zero-order valence-electron chi connectivity index (χ0n) is 10.5. The van der Waals surface area contributed by atoms with Crippen molar-refractivity contribution in [3.05, 3.63) is 21.9 Å². The Labute approximate surface area is 111 Å². The number of carbonyl (C=O) groups is 1. The van der Waals surface area contributed by atoms with Crippen molar-refractivity contribution in [2.75, 3.05) is 13.2 Å². The normalized spacial score (nSPS) is 18.6. The fraction of sp³-hybridized carbons (Fsp3) is 0.500. The maximum atomic E-state index is 12.3. The quantitative estimate of drug-likeness (QED) is 0.830. The van der Waals surface area contributed by atoms with Gasteiger partial charge in [0.25, 0.3) is 5.91 Å². The summed E-state index contributed by atoms with van der Waals surface area (Å²) in [5.74, 6) is 5.56. The van der Waals surface area contributed by atoms with Crippen molar-refractivity contribution >= 4 is 17.2 Å². The van der Waals surface area contributed by atoms with E-state index in [2.05, 4.69) is 18.8 Å². The van der Waals surface area contributed by atoms with Gasteiger partial charge in [-0.3, -0.25) is 4.79 Å². The van der Waals surface area contributed by atoms with Gasteiger partial charge in [0.15, 0.2) is 0 Å². The predicted octanol–water partition coefficient (Wildman–Crippen LogP) is 2.11. The summed E-state index contributed by atoms with van der Waals surface area (Å²) in [6.45, 7) is 2.85. The van der Waals surface area contributed by atoms with Crippen LogP contribution in [0.1, 0.15) is 40.7 Å². The summed E-state index contributed by atoms with van der Waals surface area (Å²) >= 11 is 1.40. The highest BCUT2D eigenvalue weighted by Crippen LogP contribution is 2.25. The average molecular weight is 263 g/mol. The first-order chi connectivity index (χ1) is 8.76. The fourth-order valence-corrected chi connectivity index (χ4v) is 3.15. The molecule has 0 bridgehead atoms. The summed E-state index contributed by atoms with van der Waals surface area (Å²) < 4.78 is 0. The first-order valence-electron chi connectivity index (χ1n) is 6.26. The standard InChI is InChI=1S/C14H17NO2S/c1-2-11-5-3-9-15(11)14(17)13-8-7-12(18-13)6-4-10-16/h7-8,11,16H,2-3,5,9-10H2,1H3. The molecule has 0 radical (unpaired) electrons. The molecule has 2 rings (SSSR count). The number of aliphatic hydroxyl groups is 1. The number of aliphatic hydroxyl groups excluding tert-OH is 1. The number of thiophene rings is 1. The van der Waals surface area contributed by atoms with Gasteiger partial charge in [0.1, 0.15) is 6.61 Å². The lowest BCUT2D eigenvalue weighted by Gasteiger charge is -2.22. The van der Waals surface area contributed by atoms with Crippen LogP contribution in [0.4, 0.5) is 0 Å². The van der Waals surface area contributed by atoms with Gasteiger partial charge in [0.05, 0.1) is 9.75 Å². The summed E-state index contributed by atoms with van der Waals surface area (Å²) in [7, 11) is 0. The molecular weight excluding hydrogens is 246 g/mol. The van der Waals surface area contributed by atoms with Gasteiger partial charge in [0.2, 0.25) is 0 Å². The van der Waals surface area contributed by atoms with Gasteiger partial charge in [-0.05, 0) is 31.4 Å². The van der Waals surface area contributed by atoms with Crippen LogP contribution in [0.5, 0.6) is 0 Å². The molecule has 1 N–H and O–H groups in total. The van der Waals surface area contributed by atoms with Crippen LogP contribution in [0.3, 0.4) is 0 Å². The molecule has 3 nitrogen and oxygen atoms in total. The Morgan fingerprint density at radius 2 is 2.44 bits per heavy atom. The first kappa shape index (κ1) is 13.1. The van der Waals surface area contributed by atoms with Crippen LogP contribution in [0.25, 0.3) is 0 Å². The van der Waals surface area contributed by atoms with Crippen LogP contribution in [0.15, 0.2) is 12.1 Å². The number of likely N-dealkylation sites (tertiary alicyclic amines) is 1. The lowest BCUT2D eigenvalue weighted by Crippen LogP contribution is -2.34. The zero-order valence-corrected chi connectivity index (χ0v) is 11.3. The van der Waals surface area contributed by atoms with Crippen molar-refractivity contribution in [3.63, 3.8) is 0 Å². The van der Waals surface area contributed by atoms with E-state index in [0.717, 1.165) is 35.6 Å². The van der Waals surface area contributed by atoms with Gasteiger partial charge in [0, 0.05) is 12.6 Å². The minimum absolute atomic E-state index is 0.126. The van der Waals surface area contributed by atoms with E-state index in [9.17, 15) is 4.79 Å². The van der Waals surface area contributed by atoms with E-state index in [4.69, 9.17) is 5.11 Å². The monoisotopic (exact) mass is 263 g/mol. The molecule has 1 saturated heterocycles. The molecule has 96 valence electrons. The van der Waals surface area contributed by atoms with Gasteiger partial charge >= 0.3 is 0 Å². The fourth-order valence-electron chi connectivity index (χ4n) is 2.32. The SMILES string of the molecule is CCC1CCCN1C(=O)c1ccc(C#CCO)s1. The number of hydrogen-bond donors (Lipinski definition) is 1. The van der Waals surface area contributed by atoms with Crippen molar-refractivity contribution in [1.29, 1.82) is 0 Å². The van der Waals surface area contributed by atoms with E-state index in [-0.39, 0.29) is 12.5 Å². The summed E-state index contributed by atoms with van der Waals surface area (Å²) in [5, 5.41) is 8.64. The summed E-state index contributed by atoms with van der Waals surface area (Å²) in [6, 6.07) is 4.07. The van der Waals surface area contributed by atoms with Crippen molar-refractivity contribution < 1.29 is 9.90 Å². The van der Waals surface area contributed by atoms with Gasteiger partial charge in [-0.1, -0.05) is 18.8 Å². The molecule has 0 aliphatic carbocycles. The topological polar surface area (TPSA) is 40.5 Å². The third-order valence-corrected chi connectivity index (χ3v) is 4.21. The molecule has 1 aliphatic rings. The molecule has 18 heavy (non-hydrogen) atoms. The average Bonchev–Trinajstić information content (AvgIpc) is 3.04. The van der Waals surface area contributed by atoms with Crippen molar-refractivity contribution in [2.24, 2.45) is 0 Å². The molecule has 1 aromatic heterocycles. The van der Waals surface area contributed by atoms with Crippen LogP contribution in [-0.4, -0.2) is 35.1 Å². The second kappa shape index (κ2) is 6.03. The third kappa shape index (κ3) is 2.74. The summed E-state index contributed by atoms with van der Waals surface area (Å²) in [4.78, 5) is 15.9. The molecule has 1 aromatic rings. The van der Waals surface area contributed by atoms with Crippen LogP contribution < -0.4 is 0 Å². The highest BCUT2D eigenvalue weighted by Gasteiger charge is 2.28. The Hall–Kier alpha value is -1.31. The Morgan fingerprint density at radius 3 is 3.17 bits per heavy atom. The van der Waals surface area contributed by atoms with Crippen LogP contribution in [-0.2, 0) is 0 Å². The lowest BCUT2D eigenvalue weighted by atomic mass is 10.2. The number of nitrogens with zero attached hydrogens (tertiary/aromatic N) is 1. The van der Waals surface area contributed by atoms with E-state index < -0.39 is 0 Å². The molecule has 0 saturated carbocycles. The largest absolute Gasteiger partial charge is 0.384 e. The van der Waals surface area contributed by atoms with Crippen molar-refractivity contribution in [3.8, 4) is 11.8 Å². The molecule has 1 fully saturated rings. The number of rotatable bonds is 2. The zero-order chi connectivity index (χ0) is 13.0. The number of carbonyl (C=O) groups excluding carboxylic acids is 1. The van der Waals surface area contributed by atoms with E-state index in [0.29, 0.717) is 6.04 Å². The molecule has 0 aromatic carbocycles. The van der Waals surface area contributed by atoms with Crippen molar-refractivity contribution in [2.45, 2.75) is 32.2 Å². The Bertz CT molecular complexity index is 483. The molecule has 4 heteroatoms. The Morgan fingerprint density at radius 1 is 1.61 bits per heavy atom. The number of hydrogen-bond acceptors (Lipinski definition) is 3. The smallest absolute Gasteiger partial charge is 0.264 e. The molecule has 1 atom stereocenters. The third-order valence-electron chi connectivity index (χ3n) is 3.22. The summed E-state index contributed by atoms with van der Waals surface area (Å²) in [6.07, 6.45) is 3.24. The van der Waals surface area contributed by atoms with Crippen molar-refractivity contribution in [1.82, 2.24) is 4.90 Å². The summed E-state index contributed by atoms with van der Waals surface area (Å²) in [5.41, 5.74) is 0. The van der Waals surface area contributed by atoms with E-state index in [1.165, 1.54) is 11.3 Å². The molecule has 1 amide bonds. The molecule has 1 aliphatic heterocycles. The minimum atomic E-state index is -0.148.